The van der Waals surface area contributed by atoms with Gasteiger partial charge in [-0.3, -0.25) is 4.79 Å². The summed E-state index contributed by atoms with van der Waals surface area (Å²) in [6.45, 7) is 0. The van der Waals surface area contributed by atoms with Crippen LogP contribution in [0.15, 0.2) is 75.9 Å². The zero-order valence-electron chi connectivity index (χ0n) is 11.6. The molecule has 0 spiro atoms. The lowest BCUT2D eigenvalue weighted by Gasteiger charge is -1.98. The minimum absolute atomic E-state index is 0.158. The molecule has 2 nitrogen and oxygen atoms in total. The molecule has 3 rings (SSSR count). The van der Waals surface area contributed by atoms with Crippen molar-refractivity contribution < 1.29 is 4.79 Å². The van der Waals surface area contributed by atoms with Crippen LogP contribution in [0, 0.1) is 0 Å². The van der Waals surface area contributed by atoms with E-state index in [0.717, 1.165) is 20.1 Å². The molecule has 1 aromatic heterocycles. The van der Waals surface area contributed by atoms with E-state index in [0.29, 0.717) is 5.75 Å². The van der Waals surface area contributed by atoms with E-state index in [9.17, 15) is 4.79 Å². The van der Waals surface area contributed by atoms with Crippen molar-refractivity contribution in [2.45, 2.75) is 4.21 Å². The molecule has 0 radical (unpaired) electrons. The Labute approximate surface area is 140 Å². The molecular formula is C17H13NOS3. The maximum Gasteiger partial charge on any atom is 0.173 e. The topological polar surface area (TPSA) is 29.4 Å². The van der Waals surface area contributed by atoms with Crippen LogP contribution >= 0.6 is 32.4 Å². The number of hydrogen-bond acceptors (Lipinski definition) is 5. The second kappa shape index (κ2) is 7.54. The van der Waals surface area contributed by atoms with Crippen molar-refractivity contribution in [3.8, 4) is 0 Å². The minimum Gasteiger partial charge on any atom is -0.293 e. The molecule has 3 aromatic rings. The third-order valence-electron chi connectivity index (χ3n) is 2.89. The normalized spacial score (nSPS) is 11.5. The van der Waals surface area contributed by atoms with Crippen molar-refractivity contribution >= 4 is 43.9 Å². The molecule has 0 amide bonds. The van der Waals surface area contributed by atoms with Crippen LogP contribution in [-0.4, -0.2) is 11.5 Å². The smallest absolute Gasteiger partial charge is 0.173 e. The van der Waals surface area contributed by atoms with Crippen molar-refractivity contribution in [2.24, 2.45) is 4.99 Å². The molecule has 0 aliphatic rings. The first kappa shape index (κ1) is 15.2. The molecule has 0 aliphatic heterocycles. The first-order valence-corrected chi connectivity index (χ1v) is 9.86. The molecule has 0 fully saturated rings. The predicted molar refractivity (Wildman–Crippen MR) is 95.4 cm³/mol. The van der Waals surface area contributed by atoms with Crippen LogP contribution in [0.4, 0.5) is 5.69 Å². The fourth-order valence-corrected chi connectivity index (χ4v) is 5.25. The summed E-state index contributed by atoms with van der Waals surface area (Å²) in [6, 6.07) is 21.4. The zero-order chi connectivity index (χ0) is 15.2. The van der Waals surface area contributed by atoms with E-state index in [1.807, 2.05) is 66.7 Å². The van der Waals surface area contributed by atoms with Crippen LogP contribution in [0.25, 0.3) is 0 Å². The average Bonchev–Trinajstić information content (AvgIpc) is 3.02. The Morgan fingerprint density at radius 2 is 1.64 bits per heavy atom. The van der Waals surface area contributed by atoms with Crippen LogP contribution < -0.4 is 4.67 Å². The number of carbonyl (C=O) groups is 1. The lowest BCUT2D eigenvalue weighted by molar-refractivity contribution is 0.102. The van der Waals surface area contributed by atoms with Gasteiger partial charge >= 0.3 is 0 Å². The molecule has 0 saturated heterocycles. The highest BCUT2D eigenvalue weighted by Gasteiger charge is 2.07. The molecule has 0 bridgehead atoms. The third kappa shape index (κ3) is 4.16. The monoisotopic (exact) mass is 343 g/mol. The molecule has 0 saturated carbocycles. The van der Waals surface area contributed by atoms with Crippen LogP contribution in [0.1, 0.15) is 10.4 Å². The summed E-state index contributed by atoms with van der Waals surface area (Å²) in [5.41, 5.74) is 1.72. The van der Waals surface area contributed by atoms with Gasteiger partial charge in [-0.05, 0) is 18.2 Å². The quantitative estimate of drug-likeness (QED) is 0.370. The van der Waals surface area contributed by atoms with Crippen LogP contribution in [0.3, 0.4) is 0 Å². The average molecular weight is 343 g/mol. The first-order chi connectivity index (χ1) is 10.8. The van der Waals surface area contributed by atoms with Crippen molar-refractivity contribution in [2.75, 3.05) is 5.75 Å². The molecule has 0 aliphatic carbocycles. The number of ketones is 1. The summed E-state index contributed by atoms with van der Waals surface area (Å²) in [4.78, 5) is 16.7. The largest absolute Gasteiger partial charge is 0.293 e. The highest BCUT2D eigenvalue weighted by molar-refractivity contribution is 8.03. The summed E-state index contributed by atoms with van der Waals surface area (Å²) < 4.78 is 2.11. The van der Waals surface area contributed by atoms with E-state index in [-0.39, 0.29) is 5.78 Å². The van der Waals surface area contributed by atoms with E-state index in [4.69, 9.17) is 0 Å². The Morgan fingerprint density at radius 3 is 2.36 bits per heavy atom. The Bertz CT molecular complexity index is 806. The van der Waals surface area contributed by atoms with E-state index in [1.54, 1.807) is 32.4 Å². The standard InChI is InChI=1S/C17H13NOS3/c19-15(13-7-3-1-4-8-13)12-20-17-11-16(21-22-17)18-14-9-5-2-6-10-14/h1-11H,12H2/b18-16-. The van der Waals surface area contributed by atoms with Gasteiger partial charge in [-0.1, -0.05) is 69.2 Å². The number of para-hydroxylation sites is 1. The second-order valence-electron chi connectivity index (χ2n) is 4.49. The molecule has 0 atom stereocenters. The number of benzene rings is 2. The number of Topliss-reactive ketones (excluding diaryl/α,β-unsaturated/α-hetero) is 1. The van der Waals surface area contributed by atoms with Gasteiger partial charge in [0.1, 0.15) is 4.67 Å². The van der Waals surface area contributed by atoms with E-state index in [1.165, 1.54) is 0 Å². The third-order valence-corrected chi connectivity index (χ3v) is 6.66. The predicted octanol–water partition coefficient (Wildman–Crippen LogP) is 5.02. The van der Waals surface area contributed by atoms with Gasteiger partial charge < -0.3 is 0 Å². The Morgan fingerprint density at radius 1 is 0.955 bits per heavy atom. The summed E-state index contributed by atoms with van der Waals surface area (Å²) in [5.74, 6) is 0.618. The molecule has 5 heteroatoms. The highest BCUT2D eigenvalue weighted by Crippen LogP contribution is 2.25. The summed E-state index contributed by atoms with van der Waals surface area (Å²) in [5, 5.41) is 0. The van der Waals surface area contributed by atoms with Gasteiger partial charge in [-0.15, -0.1) is 11.8 Å². The van der Waals surface area contributed by atoms with E-state index < -0.39 is 0 Å². The van der Waals surface area contributed by atoms with Gasteiger partial charge in [-0.25, -0.2) is 4.99 Å². The maximum absolute atomic E-state index is 12.1. The van der Waals surface area contributed by atoms with Gasteiger partial charge in [0, 0.05) is 5.56 Å². The number of thioether (sulfide) groups is 1. The van der Waals surface area contributed by atoms with Gasteiger partial charge in [0.2, 0.25) is 0 Å². The fraction of sp³-hybridized carbons (Fsp3) is 0.0588. The van der Waals surface area contributed by atoms with Gasteiger partial charge in [0.25, 0.3) is 0 Å². The summed E-state index contributed by atoms with van der Waals surface area (Å²) in [7, 11) is 3.30. The first-order valence-electron chi connectivity index (χ1n) is 6.72. The number of rotatable bonds is 5. The van der Waals surface area contributed by atoms with Crippen LogP contribution in [-0.2, 0) is 0 Å². The van der Waals surface area contributed by atoms with Crippen molar-refractivity contribution in [3.05, 3.63) is 77.0 Å². The number of carbonyl (C=O) groups excluding carboxylic acids is 1. The van der Waals surface area contributed by atoms with Crippen molar-refractivity contribution in [1.29, 1.82) is 0 Å². The number of nitrogens with zero attached hydrogens (tertiary/aromatic N) is 1. The SMILES string of the molecule is O=C(CSc1c/c(=N/c2ccccc2)ss1)c1ccccc1. The van der Waals surface area contributed by atoms with Gasteiger partial charge in [0.15, 0.2) is 5.78 Å². The second-order valence-corrected chi connectivity index (χ2v) is 7.96. The number of hydrogen-bond donors (Lipinski definition) is 0. The molecule has 110 valence electrons. The maximum atomic E-state index is 12.1. The van der Waals surface area contributed by atoms with Crippen molar-refractivity contribution in [3.63, 3.8) is 0 Å². The molecule has 0 N–H and O–H groups in total. The van der Waals surface area contributed by atoms with Crippen molar-refractivity contribution in [1.82, 2.24) is 0 Å². The Balaban J connectivity index is 1.65. The zero-order valence-corrected chi connectivity index (χ0v) is 14.1. The van der Waals surface area contributed by atoms with E-state index >= 15 is 0 Å². The van der Waals surface area contributed by atoms with Gasteiger partial charge in [0.05, 0.1) is 15.6 Å². The molecular weight excluding hydrogens is 330 g/mol. The van der Waals surface area contributed by atoms with Crippen LogP contribution in [0.2, 0.25) is 0 Å². The lowest BCUT2D eigenvalue weighted by Crippen LogP contribution is -2.01. The summed E-state index contributed by atoms with van der Waals surface area (Å²) >= 11 is 1.57. The minimum atomic E-state index is 0.158. The summed E-state index contributed by atoms with van der Waals surface area (Å²) in [6.07, 6.45) is 0. The molecule has 1 heterocycles. The molecule has 2 aromatic carbocycles. The van der Waals surface area contributed by atoms with E-state index in [2.05, 4.69) is 4.99 Å². The lowest BCUT2D eigenvalue weighted by atomic mass is 10.2. The Kier molecular flexibility index (Phi) is 5.21. The molecule has 22 heavy (non-hydrogen) atoms. The fourth-order valence-electron chi connectivity index (χ4n) is 1.82. The van der Waals surface area contributed by atoms with Crippen LogP contribution in [0.5, 0.6) is 0 Å². The molecule has 0 unspecified atom stereocenters. The highest BCUT2D eigenvalue weighted by atomic mass is 32.9. The van der Waals surface area contributed by atoms with Gasteiger partial charge in [-0.2, -0.15) is 0 Å². The Hall–Kier alpha value is -1.69.